The summed E-state index contributed by atoms with van der Waals surface area (Å²) in [5, 5.41) is 0. The van der Waals surface area contributed by atoms with E-state index in [0.29, 0.717) is 0 Å². The largest absolute Gasteiger partial charge is 0.473 e. The van der Waals surface area contributed by atoms with Gasteiger partial charge in [0.05, 0.1) is 0 Å². The molecule has 0 bridgehead atoms. The molecule has 1 nitrogen and oxygen atoms in total. The Morgan fingerprint density at radius 2 is 2.00 bits per heavy atom. The minimum absolute atomic E-state index is 0.315. The zero-order valence-electron chi connectivity index (χ0n) is 11.4. The minimum atomic E-state index is -0.315. The van der Waals surface area contributed by atoms with Crippen molar-refractivity contribution in [2.45, 2.75) is 38.2 Å². The van der Waals surface area contributed by atoms with Crippen molar-refractivity contribution < 1.29 is 4.74 Å². The number of halogens is 1. The summed E-state index contributed by atoms with van der Waals surface area (Å²) in [5.74, 6) is 0.897. The number of hydrogen-bond acceptors (Lipinski definition) is 3. The van der Waals surface area contributed by atoms with Gasteiger partial charge in [-0.3, -0.25) is 0 Å². The molecule has 1 aliphatic heterocycles. The van der Waals surface area contributed by atoms with Crippen molar-refractivity contribution in [3.05, 3.63) is 44.3 Å². The van der Waals surface area contributed by atoms with Gasteiger partial charge in [-0.2, -0.15) is 0 Å². The molecular weight excluding hydrogens is 375 g/mol. The Bertz CT molecular complexity index is 466. The van der Waals surface area contributed by atoms with Gasteiger partial charge >= 0.3 is 0 Å². The summed E-state index contributed by atoms with van der Waals surface area (Å²) in [5.41, 5.74) is 2.39. The smallest absolute Gasteiger partial charge is 0.178 e. The molecule has 1 aliphatic rings. The van der Waals surface area contributed by atoms with Gasteiger partial charge in [0.25, 0.3) is 0 Å². The first-order valence-electron chi connectivity index (χ1n) is 5.66. The third kappa shape index (κ3) is 3.84. The van der Waals surface area contributed by atoms with Gasteiger partial charge in [0.15, 0.2) is 3.61 Å². The quantitative estimate of drug-likeness (QED) is 0.367. The summed E-state index contributed by atoms with van der Waals surface area (Å²) in [6.07, 6.45) is 1.97. The monoisotopic (exact) mass is 394 g/mol. The third-order valence-corrected chi connectivity index (χ3v) is 4.96. The van der Waals surface area contributed by atoms with Gasteiger partial charge in [0.2, 0.25) is 0 Å². The van der Waals surface area contributed by atoms with Crippen LogP contribution in [0.15, 0.2) is 44.3 Å². The van der Waals surface area contributed by atoms with Crippen molar-refractivity contribution >= 4 is 47.0 Å². The van der Waals surface area contributed by atoms with Gasteiger partial charge in [-0.05, 0) is 78.7 Å². The lowest BCUT2D eigenvalue weighted by atomic mass is 10.0. The van der Waals surface area contributed by atoms with Crippen LogP contribution >= 0.6 is 47.0 Å². The Morgan fingerprint density at radius 1 is 1.44 bits per heavy atom. The molecular formula is C14H19IOS2. The SMILES string of the molecule is C=C(C)SC1=C(C)C(C)(I)OC(/C=C(/C)S)=C1C. The van der Waals surface area contributed by atoms with E-state index < -0.39 is 0 Å². The van der Waals surface area contributed by atoms with Gasteiger partial charge in [0.1, 0.15) is 5.76 Å². The van der Waals surface area contributed by atoms with Crippen LogP contribution in [0.2, 0.25) is 0 Å². The Hall–Kier alpha value is 0.190. The van der Waals surface area contributed by atoms with E-state index in [-0.39, 0.29) is 3.61 Å². The second-order valence-corrected chi connectivity index (χ2v) is 8.63. The average Bonchev–Trinajstić information content (AvgIpc) is 2.20. The highest BCUT2D eigenvalue weighted by Gasteiger charge is 2.33. The zero-order chi connectivity index (χ0) is 14.1. The molecule has 1 atom stereocenters. The maximum atomic E-state index is 6.06. The normalized spacial score (nSPS) is 25.4. The lowest BCUT2D eigenvalue weighted by Crippen LogP contribution is -2.26. The van der Waals surface area contributed by atoms with Crippen molar-refractivity contribution in [3.8, 4) is 0 Å². The van der Waals surface area contributed by atoms with E-state index >= 15 is 0 Å². The number of allylic oxidation sites excluding steroid dienone is 4. The average molecular weight is 394 g/mol. The Kier molecular flexibility index (Phi) is 5.50. The lowest BCUT2D eigenvalue weighted by Gasteiger charge is -2.34. The number of rotatable bonds is 3. The molecule has 1 unspecified atom stereocenters. The van der Waals surface area contributed by atoms with Crippen LogP contribution in [0.4, 0.5) is 0 Å². The fraction of sp³-hybridized carbons (Fsp3) is 0.429. The maximum Gasteiger partial charge on any atom is 0.178 e. The van der Waals surface area contributed by atoms with E-state index in [2.05, 4.69) is 62.6 Å². The van der Waals surface area contributed by atoms with Crippen molar-refractivity contribution in [2.24, 2.45) is 0 Å². The Morgan fingerprint density at radius 3 is 2.44 bits per heavy atom. The van der Waals surface area contributed by atoms with E-state index in [1.807, 2.05) is 19.9 Å². The van der Waals surface area contributed by atoms with E-state index in [0.717, 1.165) is 21.1 Å². The molecule has 0 aliphatic carbocycles. The number of hydrogen-bond donors (Lipinski definition) is 1. The Labute approximate surface area is 133 Å². The van der Waals surface area contributed by atoms with Gasteiger partial charge in [-0.25, -0.2) is 0 Å². The highest BCUT2D eigenvalue weighted by molar-refractivity contribution is 14.1. The number of alkyl halides is 1. The molecule has 0 saturated carbocycles. The summed E-state index contributed by atoms with van der Waals surface area (Å²) in [6, 6.07) is 0. The van der Waals surface area contributed by atoms with Crippen LogP contribution < -0.4 is 0 Å². The first-order chi connectivity index (χ1) is 8.15. The molecule has 0 N–H and O–H groups in total. The first kappa shape index (κ1) is 16.2. The molecule has 0 spiro atoms. The van der Waals surface area contributed by atoms with Crippen LogP contribution in [0.5, 0.6) is 0 Å². The van der Waals surface area contributed by atoms with Gasteiger partial charge in [-0.15, -0.1) is 12.6 Å². The number of ether oxygens (including phenoxy) is 1. The molecule has 1 rings (SSSR count). The number of thiol groups is 1. The second-order valence-electron chi connectivity index (χ2n) is 4.55. The van der Waals surface area contributed by atoms with Crippen LogP contribution in [-0.4, -0.2) is 3.61 Å². The highest BCUT2D eigenvalue weighted by atomic mass is 127. The fourth-order valence-corrected chi connectivity index (χ4v) is 3.37. The van der Waals surface area contributed by atoms with Crippen LogP contribution in [0.1, 0.15) is 34.6 Å². The molecule has 0 saturated heterocycles. The molecule has 18 heavy (non-hydrogen) atoms. The molecule has 100 valence electrons. The lowest BCUT2D eigenvalue weighted by molar-refractivity contribution is 0.148. The first-order valence-corrected chi connectivity index (χ1v) is 8.00. The van der Waals surface area contributed by atoms with Gasteiger partial charge in [-0.1, -0.05) is 18.3 Å². The van der Waals surface area contributed by atoms with Gasteiger partial charge in [0, 0.05) is 10.5 Å². The van der Waals surface area contributed by atoms with E-state index in [9.17, 15) is 0 Å². The highest BCUT2D eigenvalue weighted by Crippen LogP contribution is 2.46. The molecule has 0 aromatic heterocycles. The predicted molar refractivity (Wildman–Crippen MR) is 94.1 cm³/mol. The van der Waals surface area contributed by atoms with Crippen LogP contribution in [0.25, 0.3) is 0 Å². The van der Waals surface area contributed by atoms with E-state index in [4.69, 9.17) is 4.74 Å². The molecule has 1 heterocycles. The van der Waals surface area contributed by atoms with Gasteiger partial charge < -0.3 is 4.74 Å². The summed E-state index contributed by atoms with van der Waals surface area (Å²) >= 11 is 8.38. The van der Waals surface area contributed by atoms with E-state index in [1.165, 1.54) is 10.5 Å². The summed E-state index contributed by atoms with van der Waals surface area (Å²) < 4.78 is 5.75. The van der Waals surface area contributed by atoms with E-state index in [1.54, 1.807) is 11.8 Å². The zero-order valence-corrected chi connectivity index (χ0v) is 15.3. The Balaban J connectivity index is 3.34. The molecule has 0 amide bonds. The number of thioether (sulfide) groups is 1. The molecule has 0 aromatic carbocycles. The predicted octanol–water partition coefficient (Wildman–Crippen LogP) is 5.82. The van der Waals surface area contributed by atoms with Crippen molar-refractivity contribution in [1.29, 1.82) is 0 Å². The summed E-state index contributed by atoms with van der Waals surface area (Å²) in [4.78, 5) is 3.28. The minimum Gasteiger partial charge on any atom is -0.473 e. The van der Waals surface area contributed by atoms with Crippen LogP contribution in [-0.2, 0) is 4.74 Å². The van der Waals surface area contributed by atoms with Crippen molar-refractivity contribution in [3.63, 3.8) is 0 Å². The van der Waals surface area contributed by atoms with Crippen LogP contribution in [0, 0.1) is 0 Å². The van der Waals surface area contributed by atoms with Crippen molar-refractivity contribution in [2.75, 3.05) is 0 Å². The summed E-state index contributed by atoms with van der Waals surface area (Å²) in [6.45, 7) is 14.2. The van der Waals surface area contributed by atoms with Crippen molar-refractivity contribution in [1.82, 2.24) is 0 Å². The molecule has 0 aromatic rings. The fourth-order valence-electron chi connectivity index (χ4n) is 1.61. The molecule has 4 heteroatoms. The molecule has 0 radical (unpaired) electrons. The maximum absolute atomic E-state index is 6.06. The van der Waals surface area contributed by atoms with Crippen LogP contribution in [0.3, 0.4) is 0 Å². The second kappa shape index (κ2) is 6.09. The third-order valence-electron chi connectivity index (χ3n) is 2.64. The topological polar surface area (TPSA) is 9.23 Å². The molecule has 0 fully saturated rings. The standard InChI is InChI=1S/C14H19IOS2/c1-8(2)18-13-10(4)12(7-9(3)17)16-14(6,15)11(13)5/h7,17H,1H2,2-6H3/b9-7-. The summed E-state index contributed by atoms with van der Waals surface area (Å²) in [7, 11) is 0.